The third-order valence-electron chi connectivity index (χ3n) is 3.37. The van der Waals surface area contributed by atoms with Gasteiger partial charge in [0.25, 0.3) is 0 Å². The number of hydrogen-bond acceptors (Lipinski definition) is 2. The summed E-state index contributed by atoms with van der Waals surface area (Å²) < 4.78 is 0. The van der Waals surface area contributed by atoms with Gasteiger partial charge in [-0.05, 0) is 42.1 Å². The molecule has 1 saturated heterocycles. The molecule has 2 rings (SSSR count). The Hall–Kier alpha value is -0.180. The molecule has 2 atom stereocenters. The molecule has 74 valence electrons. The van der Waals surface area contributed by atoms with Crippen molar-refractivity contribution in [2.45, 2.75) is 19.8 Å². The first-order chi connectivity index (χ1) is 6.18. The van der Waals surface area contributed by atoms with Gasteiger partial charge >= 0.3 is 5.97 Å². The van der Waals surface area contributed by atoms with E-state index in [0.717, 1.165) is 30.3 Å². The van der Waals surface area contributed by atoms with E-state index in [4.69, 9.17) is 5.11 Å². The van der Waals surface area contributed by atoms with Gasteiger partial charge in [-0.2, -0.15) is 11.8 Å². The highest BCUT2D eigenvalue weighted by Crippen LogP contribution is 2.45. The van der Waals surface area contributed by atoms with Crippen LogP contribution in [-0.4, -0.2) is 22.6 Å². The lowest BCUT2D eigenvalue weighted by Gasteiger charge is -2.42. The lowest BCUT2D eigenvalue weighted by Crippen LogP contribution is -2.42. The molecule has 2 bridgehead atoms. The lowest BCUT2D eigenvalue weighted by atomic mass is 9.69. The van der Waals surface area contributed by atoms with Crippen molar-refractivity contribution in [1.29, 1.82) is 0 Å². The second kappa shape index (κ2) is 3.52. The Morgan fingerprint density at radius 1 is 1.31 bits per heavy atom. The molecule has 0 aromatic carbocycles. The number of thioether (sulfide) groups is 1. The van der Waals surface area contributed by atoms with Gasteiger partial charge in [-0.3, -0.25) is 4.79 Å². The van der Waals surface area contributed by atoms with Gasteiger partial charge in [0.1, 0.15) is 0 Å². The van der Waals surface area contributed by atoms with Crippen molar-refractivity contribution in [3.05, 3.63) is 0 Å². The molecule has 3 heteroatoms. The highest BCUT2D eigenvalue weighted by molar-refractivity contribution is 7.99. The fourth-order valence-electron chi connectivity index (χ4n) is 2.93. The van der Waals surface area contributed by atoms with Gasteiger partial charge in [0.15, 0.2) is 0 Å². The minimum Gasteiger partial charge on any atom is -0.481 e. The van der Waals surface area contributed by atoms with Crippen molar-refractivity contribution in [2.75, 3.05) is 11.5 Å². The van der Waals surface area contributed by atoms with Gasteiger partial charge in [-0.25, -0.2) is 0 Å². The van der Waals surface area contributed by atoms with Crippen molar-refractivity contribution in [3.63, 3.8) is 0 Å². The van der Waals surface area contributed by atoms with E-state index in [0.29, 0.717) is 11.8 Å². The minimum absolute atomic E-state index is 0.0301. The first-order valence-corrected chi connectivity index (χ1v) is 6.14. The highest BCUT2D eigenvalue weighted by atomic mass is 32.2. The fourth-order valence-corrected chi connectivity index (χ4v) is 4.35. The molecule has 1 aliphatic carbocycles. The maximum atomic E-state index is 11.1. The molecule has 13 heavy (non-hydrogen) atoms. The van der Waals surface area contributed by atoms with Crippen LogP contribution in [0, 0.1) is 23.7 Å². The van der Waals surface area contributed by atoms with Crippen LogP contribution in [-0.2, 0) is 4.79 Å². The van der Waals surface area contributed by atoms with E-state index in [1.165, 1.54) is 0 Å². The van der Waals surface area contributed by atoms with E-state index in [-0.39, 0.29) is 5.92 Å². The molecule has 2 aliphatic rings. The molecule has 1 N–H and O–H groups in total. The summed E-state index contributed by atoms with van der Waals surface area (Å²) >= 11 is 1.95. The average molecular weight is 200 g/mol. The zero-order valence-electron chi connectivity index (χ0n) is 7.90. The first kappa shape index (κ1) is 9.38. The van der Waals surface area contributed by atoms with Crippen molar-refractivity contribution in [1.82, 2.24) is 0 Å². The van der Waals surface area contributed by atoms with Gasteiger partial charge in [0.2, 0.25) is 0 Å². The molecule has 2 nitrogen and oxygen atoms in total. The number of fused-ring (bicyclic) bond motifs is 2. The molecule has 0 spiro atoms. The summed E-state index contributed by atoms with van der Waals surface area (Å²) in [6, 6.07) is 0. The van der Waals surface area contributed by atoms with Crippen LogP contribution in [0.2, 0.25) is 0 Å². The topological polar surface area (TPSA) is 37.3 Å². The van der Waals surface area contributed by atoms with Gasteiger partial charge in [-0.1, -0.05) is 6.92 Å². The van der Waals surface area contributed by atoms with Crippen LogP contribution >= 0.6 is 11.8 Å². The quantitative estimate of drug-likeness (QED) is 0.704. The van der Waals surface area contributed by atoms with Gasteiger partial charge in [0.05, 0.1) is 5.92 Å². The van der Waals surface area contributed by atoms with Crippen LogP contribution in [0.1, 0.15) is 19.8 Å². The zero-order valence-corrected chi connectivity index (χ0v) is 8.72. The molecule has 1 heterocycles. The number of carbonyl (C=O) groups is 1. The molecular formula is C10H16O2S. The van der Waals surface area contributed by atoms with Gasteiger partial charge < -0.3 is 5.11 Å². The molecular weight excluding hydrogens is 184 g/mol. The highest BCUT2D eigenvalue weighted by Gasteiger charge is 2.43. The van der Waals surface area contributed by atoms with Crippen LogP contribution in [0.3, 0.4) is 0 Å². The summed E-state index contributed by atoms with van der Waals surface area (Å²) in [6.07, 6.45) is 2.25. The Morgan fingerprint density at radius 2 is 1.85 bits per heavy atom. The predicted molar refractivity (Wildman–Crippen MR) is 53.8 cm³/mol. The Kier molecular flexibility index (Phi) is 2.54. The molecule has 0 aromatic rings. The van der Waals surface area contributed by atoms with Crippen LogP contribution in [0.25, 0.3) is 0 Å². The molecule has 0 aromatic heterocycles. The third-order valence-corrected chi connectivity index (χ3v) is 4.70. The number of hydrogen-bond donors (Lipinski definition) is 1. The number of carboxylic acid groups (broad SMARTS) is 1. The third kappa shape index (κ3) is 1.71. The lowest BCUT2D eigenvalue weighted by molar-refractivity contribution is -0.147. The summed E-state index contributed by atoms with van der Waals surface area (Å²) in [5, 5.41) is 9.12. The molecule has 0 radical (unpaired) electrons. The Morgan fingerprint density at radius 3 is 2.31 bits per heavy atom. The van der Waals surface area contributed by atoms with Crippen LogP contribution in [0.4, 0.5) is 0 Å². The van der Waals surface area contributed by atoms with Crippen LogP contribution in [0.5, 0.6) is 0 Å². The smallest absolute Gasteiger partial charge is 0.307 e. The summed E-state index contributed by atoms with van der Waals surface area (Å²) in [6.45, 7) is 2.26. The van der Waals surface area contributed by atoms with Crippen molar-refractivity contribution < 1.29 is 9.90 Å². The summed E-state index contributed by atoms with van der Waals surface area (Å²) in [4.78, 5) is 11.1. The zero-order chi connectivity index (χ0) is 9.42. The first-order valence-electron chi connectivity index (χ1n) is 4.99. The second-order valence-corrected chi connectivity index (χ2v) is 5.57. The van der Waals surface area contributed by atoms with Gasteiger partial charge in [0, 0.05) is 0 Å². The van der Waals surface area contributed by atoms with Crippen molar-refractivity contribution in [2.24, 2.45) is 23.7 Å². The maximum absolute atomic E-state index is 11.1. The normalized spacial score (nSPS) is 44.4. The van der Waals surface area contributed by atoms with E-state index >= 15 is 0 Å². The molecule has 1 aliphatic heterocycles. The number of rotatable bonds is 1. The molecule has 2 fully saturated rings. The molecule has 1 saturated carbocycles. The predicted octanol–water partition coefficient (Wildman–Crippen LogP) is 2.10. The number of aliphatic carboxylic acids is 1. The Labute approximate surface area is 83.1 Å². The van der Waals surface area contributed by atoms with E-state index in [2.05, 4.69) is 6.92 Å². The largest absolute Gasteiger partial charge is 0.481 e. The summed E-state index contributed by atoms with van der Waals surface area (Å²) in [5.74, 6) is 3.19. The molecule has 2 unspecified atom stereocenters. The average Bonchev–Trinajstić information content (AvgIpc) is 2.01. The van der Waals surface area contributed by atoms with Crippen molar-refractivity contribution in [3.8, 4) is 0 Å². The van der Waals surface area contributed by atoms with E-state index in [1.54, 1.807) is 0 Å². The monoisotopic (exact) mass is 200 g/mol. The van der Waals surface area contributed by atoms with Crippen molar-refractivity contribution >= 4 is 17.7 Å². The maximum Gasteiger partial charge on any atom is 0.307 e. The van der Waals surface area contributed by atoms with Gasteiger partial charge in [-0.15, -0.1) is 0 Å². The summed E-state index contributed by atoms with van der Waals surface area (Å²) in [5.41, 5.74) is 0. The fraction of sp³-hybridized carbons (Fsp3) is 0.900. The second-order valence-electron chi connectivity index (χ2n) is 4.50. The van der Waals surface area contributed by atoms with E-state index < -0.39 is 5.97 Å². The van der Waals surface area contributed by atoms with Crippen LogP contribution in [0.15, 0.2) is 0 Å². The molecule has 0 amide bonds. The van der Waals surface area contributed by atoms with Crippen LogP contribution < -0.4 is 0 Å². The summed E-state index contributed by atoms with van der Waals surface area (Å²) in [7, 11) is 0. The SMILES string of the molecule is CC1CC2CSCC(C1)C2C(=O)O. The number of carboxylic acids is 1. The van der Waals surface area contributed by atoms with E-state index in [1.807, 2.05) is 11.8 Å². The van der Waals surface area contributed by atoms with E-state index in [9.17, 15) is 4.79 Å². The minimum atomic E-state index is -0.554. The Balaban J connectivity index is 2.14. The standard InChI is InChI=1S/C10H16O2S/c1-6-2-7-4-13-5-8(3-6)9(7)10(11)12/h6-9H,2-5H2,1H3,(H,11,12). The Bertz CT molecular complexity index is 203.